The normalized spacial score (nSPS) is 19.7. The van der Waals surface area contributed by atoms with E-state index in [-0.39, 0.29) is 33.9 Å². The average molecular weight is 529 g/mol. The Kier molecular flexibility index (Phi) is 8.87. The largest absolute Gasteiger partial charge is 0.465 e. The summed E-state index contributed by atoms with van der Waals surface area (Å²) < 4.78 is 40.8. The molecule has 9 heteroatoms. The smallest absolute Gasteiger partial charge is 0.355 e. The number of allylic oxidation sites excluding steroid dienone is 2. The summed E-state index contributed by atoms with van der Waals surface area (Å²) in [5, 5.41) is 0. The lowest BCUT2D eigenvalue weighted by Gasteiger charge is -2.41. The Balaban J connectivity index is 1.86. The van der Waals surface area contributed by atoms with Crippen molar-refractivity contribution < 1.29 is 27.5 Å². The molecule has 0 aromatic heterocycles. The van der Waals surface area contributed by atoms with Crippen LogP contribution >= 0.6 is 0 Å². The summed E-state index contributed by atoms with van der Waals surface area (Å²) in [6, 6.07) is 6.56. The number of ether oxygens (including phenoxy) is 2. The number of carbonyl (C=O) groups is 2. The summed E-state index contributed by atoms with van der Waals surface area (Å²) in [7, 11) is -1.50. The van der Waals surface area contributed by atoms with E-state index in [1.54, 1.807) is 46.9 Å². The lowest BCUT2D eigenvalue weighted by Crippen LogP contribution is -2.48. The topological polar surface area (TPSA) is 93.2 Å². The van der Waals surface area contributed by atoms with E-state index in [2.05, 4.69) is 0 Å². The minimum absolute atomic E-state index is 0.0250. The van der Waals surface area contributed by atoms with Crippen molar-refractivity contribution in [1.29, 1.82) is 0 Å². The highest BCUT2D eigenvalue weighted by Gasteiger charge is 2.40. The molecule has 1 aliphatic heterocycles. The maximum absolute atomic E-state index is 14.5. The molecule has 0 atom stereocenters. The fourth-order valence-electron chi connectivity index (χ4n) is 5.70. The molecule has 0 radical (unpaired) electrons. The number of benzene rings is 1. The number of esters is 2. The van der Waals surface area contributed by atoms with E-state index < -0.39 is 22.0 Å². The number of methoxy groups -OCH3 is 2. The van der Waals surface area contributed by atoms with Crippen LogP contribution in [0.2, 0.25) is 0 Å². The highest BCUT2D eigenvalue weighted by molar-refractivity contribution is 7.89. The van der Waals surface area contributed by atoms with E-state index in [0.29, 0.717) is 0 Å². The first-order valence-corrected chi connectivity index (χ1v) is 14.5. The quantitative estimate of drug-likeness (QED) is 0.468. The van der Waals surface area contributed by atoms with Crippen molar-refractivity contribution in [1.82, 2.24) is 4.31 Å². The zero-order valence-electron chi connectivity index (χ0n) is 21.6. The third-order valence-electron chi connectivity index (χ3n) is 7.44. The highest BCUT2D eigenvalue weighted by atomic mass is 32.2. The summed E-state index contributed by atoms with van der Waals surface area (Å²) >= 11 is 0. The minimum atomic E-state index is -3.94. The second kappa shape index (κ2) is 12.1. The highest BCUT2D eigenvalue weighted by Crippen LogP contribution is 2.39. The van der Waals surface area contributed by atoms with Crippen molar-refractivity contribution >= 4 is 27.6 Å². The number of rotatable bonds is 7. The molecule has 0 unspecified atom stereocenters. The number of carbonyl (C=O) groups excluding carboxylic acids is 2. The van der Waals surface area contributed by atoms with E-state index >= 15 is 0 Å². The van der Waals surface area contributed by atoms with Crippen LogP contribution in [0.25, 0.3) is 0 Å². The van der Waals surface area contributed by atoms with Gasteiger partial charge in [-0.3, -0.25) is 0 Å². The van der Waals surface area contributed by atoms with Gasteiger partial charge >= 0.3 is 11.9 Å². The molecule has 2 fully saturated rings. The van der Waals surface area contributed by atoms with Gasteiger partial charge in [-0.05, 0) is 50.0 Å². The number of nitrogens with zero attached hydrogens (tertiary/aromatic N) is 2. The molecular weight excluding hydrogens is 492 g/mol. The van der Waals surface area contributed by atoms with Crippen LogP contribution in [0.4, 0.5) is 5.69 Å². The van der Waals surface area contributed by atoms with Gasteiger partial charge in [0.25, 0.3) is 0 Å². The van der Waals surface area contributed by atoms with Crippen LogP contribution in [0.1, 0.15) is 64.2 Å². The SMILES string of the molecule is COC(=O)C1=C(C(=O)OC)N(c2ccccc2S(=O)(=O)N(C2CCCCC2)C2CCCCC2)C=CC=C1. The first kappa shape index (κ1) is 27.1. The number of anilines is 1. The van der Waals surface area contributed by atoms with Crippen molar-refractivity contribution in [3.05, 3.63) is 60.0 Å². The average Bonchev–Trinajstić information content (AvgIpc) is 3.16. The van der Waals surface area contributed by atoms with Gasteiger partial charge in [-0.2, -0.15) is 4.31 Å². The van der Waals surface area contributed by atoms with E-state index in [1.807, 2.05) is 0 Å². The van der Waals surface area contributed by atoms with Crippen LogP contribution in [0, 0.1) is 0 Å². The van der Waals surface area contributed by atoms with Gasteiger partial charge in [-0.15, -0.1) is 0 Å². The van der Waals surface area contributed by atoms with Crippen LogP contribution in [0.5, 0.6) is 0 Å². The van der Waals surface area contributed by atoms with Gasteiger partial charge in [0.2, 0.25) is 10.0 Å². The van der Waals surface area contributed by atoms with Crippen molar-refractivity contribution in [2.45, 2.75) is 81.2 Å². The molecule has 37 heavy (non-hydrogen) atoms. The van der Waals surface area contributed by atoms with Gasteiger partial charge in [-0.25, -0.2) is 18.0 Å². The Hall–Kier alpha value is -2.91. The summed E-state index contributed by atoms with van der Waals surface area (Å²) in [6.07, 6.45) is 16.0. The Bertz CT molecular complexity index is 1170. The summed E-state index contributed by atoms with van der Waals surface area (Å²) in [5.41, 5.74) is 0.146. The molecule has 1 aromatic carbocycles. The molecule has 1 aromatic rings. The lowest BCUT2D eigenvalue weighted by molar-refractivity contribution is -0.139. The van der Waals surface area contributed by atoms with E-state index in [9.17, 15) is 18.0 Å². The predicted octanol–water partition coefficient (Wildman–Crippen LogP) is 4.83. The second-order valence-corrected chi connectivity index (χ2v) is 11.5. The molecule has 2 aliphatic carbocycles. The van der Waals surface area contributed by atoms with Crippen molar-refractivity contribution in [2.75, 3.05) is 19.1 Å². The lowest BCUT2D eigenvalue weighted by atomic mass is 9.91. The molecule has 0 bridgehead atoms. The molecule has 8 nitrogen and oxygen atoms in total. The molecule has 1 heterocycles. The zero-order valence-corrected chi connectivity index (χ0v) is 22.4. The predicted molar refractivity (Wildman–Crippen MR) is 141 cm³/mol. The standard InChI is InChI=1S/C28H36N2O6S/c1-35-27(31)23-17-11-12-20-29(26(23)28(32)36-2)24-18-9-10-19-25(24)37(33,34)30(21-13-5-3-6-14-21)22-15-7-4-8-16-22/h9-12,17-22H,3-8,13-16H2,1-2H3. The Labute approximate surface area is 219 Å². The van der Waals surface area contributed by atoms with Crippen molar-refractivity contribution in [3.63, 3.8) is 0 Å². The molecule has 4 rings (SSSR count). The van der Waals surface area contributed by atoms with Gasteiger partial charge < -0.3 is 14.4 Å². The summed E-state index contributed by atoms with van der Waals surface area (Å²) in [6.45, 7) is 0. The third kappa shape index (κ3) is 5.67. The monoisotopic (exact) mass is 528 g/mol. The maximum Gasteiger partial charge on any atom is 0.355 e. The van der Waals surface area contributed by atoms with Gasteiger partial charge in [-0.1, -0.05) is 56.7 Å². The van der Waals surface area contributed by atoms with Crippen molar-refractivity contribution in [3.8, 4) is 0 Å². The fraction of sp³-hybridized carbons (Fsp3) is 0.500. The van der Waals surface area contributed by atoms with E-state index in [4.69, 9.17) is 9.47 Å². The molecule has 0 spiro atoms. The molecule has 200 valence electrons. The van der Waals surface area contributed by atoms with Crippen LogP contribution < -0.4 is 4.90 Å². The first-order chi connectivity index (χ1) is 17.9. The Morgan fingerprint density at radius 3 is 1.97 bits per heavy atom. The molecule has 0 N–H and O–H groups in total. The number of hydrogen-bond acceptors (Lipinski definition) is 7. The van der Waals surface area contributed by atoms with Gasteiger partial charge in [0.05, 0.1) is 25.5 Å². The fourth-order valence-corrected chi connectivity index (χ4v) is 7.82. The van der Waals surface area contributed by atoms with Gasteiger partial charge in [0.15, 0.2) is 0 Å². The van der Waals surface area contributed by atoms with Crippen LogP contribution in [0.3, 0.4) is 0 Å². The van der Waals surface area contributed by atoms with E-state index in [1.165, 1.54) is 25.2 Å². The molecular formula is C28H36N2O6S. The van der Waals surface area contributed by atoms with Gasteiger partial charge in [0.1, 0.15) is 10.6 Å². The maximum atomic E-state index is 14.5. The molecule has 0 amide bonds. The molecule has 0 saturated heterocycles. The van der Waals surface area contributed by atoms with Crippen LogP contribution in [0.15, 0.2) is 64.9 Å². The molecule has 2 saturated carbocycles. The zero-order chi connectivity index (χ0) is 26.4. The van der Waals surface area contributed by atoms with Crippen LogP contribution in [-0.2, 0) is 29.1 Å². The number of para-hydroxylation sites is 1. The second-order valence-electron chi connectivity index (χ2n) is 9.70. The number of sulfonamides is 1. The Morgan fingerprint density at radius 2 is 1.41 bits per heavy atom. The number of hydrogen-bond donors (Lipinski definition) is 0. The van der Waals surface area contributed by atoms with Gasteiger partial charge in [0, 0.05) is 18.3 Å². The van der Waals surface area contributed by atoms with Crippen molar-refractivity contribution in [2.24, 2.45) is 0 Å². The summed E-state index contributed by atoms with van der Waals surface area (Å²) in [5.74, 6) is -1.50. The third-order valence-corrected chi connectivity index (χ3v) is 9.49. The molecule has 3 aliphatic rings. The van der Waals surface area contributed by atoms with E-state index in [0.717, 1.165) is 64.2 Å². The summed E-state index contributed by atoms with van der Waals surface area (Å²) in [4.78, 5) is 27.1. The Morgan fingerprint density at radius 1 is 0.838 bits per heavy atom. The first-order valence-electron chi connectivity index (χ1n) is 13.1. The minimum Gasteiger partial charge on any atom is -0.465 e. The van der Waals surface area contributed by atoms with Crippen LogP contribution in [-0.4, -0.2) is 51.0 Å².